The Morgan fingerprint density at radius 3 is 2.66 bits per heavy atom. The number of hydrazone groups is 1. The van der Waals surface area contributed by atoms with Gasteiger partial charge in [-0.1, -0.05) is 39.0 Å². The molecule has 0 amide bonds. The molecule has 0 bridgehead atoms. The van der Waals surface area contributed by atoms with E-state index in [0.717, 1.165) is 5.56 Å². The Hall–Kier alpha value is -3.75. The zero-order valence-electron chi connectivity index (χ0n) is 18.5. The second kappa shape index (κ2) is 10.0. The maximum Gasteiger partial charge on any atom is 0.363 e. The van der Waals surface area contributed by atoms with Gasteiger partial charge in [0, 0.05) is 11.0 Å². The number of hydrogen-bond acceptors (Lipinski definition) is 7. The first kappa shape index (κ1) is 22.9. The van der Waals surface area contributed by atoms with Gasteiger partial charge in [-0.3, -0.25) is 5.43 Å². The van der Waals surface area contributed by atoms with Crippen LogP contribution in [0, 0.1) is 5.82 Å². The molecule has 2 aromatic carbocycles. The van der Waals surface area contributed by atoms with Gasteiger partial charge in [-0.2, -0.15) is 15.2 Å². The van der Waals surface area contributed by atoms with Gasteiger partial charge >= 0.3 is 5.69 Å². The minimum Gasteiger partial charge on any atom is -0.490 e. The van der Waals surface area contributed by atoms with Gasteiger partial charge in [-0.05, 0) is 36.8 Å². The largest absolute Gasteiger partial charge is 0.490 e. The molecule has 0 spiro atoms. The molecule has 32 heavy (non-hydrogen) atoms. The number of nitrogens with one attached hydrogen (secondary N) is 2. The van der Waals surface area contributed by atoms with E-state index in [1.54, 1.807) is 42.6 Å². The predicted molar refractivity (Wildman–Crippen MR) is 121 cm³/mol. The Kier molecular flexibility index (Phi) is 7.19. The van der Waals surface area contributed by atoms with Gasteiger partial charge in [0.2, 0.25) is 0 Å². The fourth-order valence-electron chi connectivity index (χ4n) is 2.87. The molecule has 168 valence electrons. The van der Waals surface area contributed by atoms with Crippen molar-refractivity contribution < 1.29 is 13.9 Å². The highest BCUT2D eigenvalue weighted by molar-refractivity contribution is 5.81. The summed E-state index contributed by atoms with van der Waals surface area (Å²) in [6.07, 6.45) is 1.57. The number of H-pyrrole nitrogens is 1. The normalized spacial score (nSPS) is 11.5. The van der Waals surface area contributed by atoms with E-state index in [1.807, 2.05) is 27.7 Å². The van der Waals surface area contributed by atoms with Crippen LogP contribution in [0.4, 0.5) is 10.2 Å². The lowest BCUT2D eigenvalue weighted by atomic mass is 9.92. The Balaban J connectivity index is 1.76. The molecule has 0 fully saturated rings. The van der Waals surface area contributed by atoms with Crippen LogP contribution in [0.3, 0.4) is 0 Å². The van der Waals surface area contributed by atoms with Gasteiger partial charge in [0.25, 0.3) is 0 Å². The van der Waals surface area contributed by atoms with Crippen molar-refractivity contribution in [2.24, 2.45) is 5.10 Å². The first-order chi connectivity index (χ1) is 15.3. The number of nitrogens with zero attached hydrogens (tertiary/aromatic N) is 3. The molecule has 0 saturated heterocycles. The number of hydrogen-bond donors (Lipinski definition) is 2. The lowest BCUT2D eigenvalue weighted by Crippen LogP contribution is -2.24. The summed E-state index contributed by atoms with van der Waals surface area (Å²) < 4.78 is 25.3. The Morgan fingerprint density at radius 1 is 1.16 bits per heavy atom. The lowest BCUT2D eigenvalue weighted by Gasteiger charge is -2.18. The maximum absolute atomic E-state index is 13.8. The average molecular weight is 439 g/mol. The molecule has 3 rings (SSSR count). The quantitative estimate of drug-likeness (QED) is 0.406. The van der Waals surface area contributed by atoms with Crippen molar-refractivity contribution in [1.82, 2.24) is 15.2 Å². The molecule has 3 aromatic rings. The number of aromatic nitrogens is 3. The second-order valence-corrected chi connectivity index (χ2v) is 7.98. The Bertz CT molecular complexity index is 1150. The van der Waals surface area contributed by atoms with Crippen LogP contribution in [-0.2, 0) is 12.0 Å². The lowest BCUT2D eigenvalue weighted by molar-refractivity contribution is 0.266. The molecule has 0 saturated carbocycles. The molecule has 1 heterocycles. The van der Waals surface area contributed by atoms with E-state index in [2.05, 4.69) is 25.7 Å². The third-order valence-corrected chi connectivity index (χ3v) is 4.40. The van der Waals surface area contributed by atoms with E-state index in [9.17, 15) is 9.18 Å². The molecular weight excluding hydrogens is 413 g/mol. The van der Waals surface area contributed by atoms with Gasteiger partial charge in [-0.25, -0.2) is 14.3 Å². The molecule has 1 aromatic heterocycles. The number of rotatable bonds is 8. The first-order valence-electron chi connectivity index (χ1n) is 10.2. The van der Waals surface area contributed by atoms with Crippen molar-refractivity contribution in [2.75, 3.05) is 12.0 Å². The molecule has 0 aliphatic carbocycles. The molecular formula is C23H26FN5O3. The topological polar surface area (TPSA) is 101 Å². The van der Waals surface area contributed by atoms with Crippen LogP contribution in [0.1, 0.15) is 44.5 Å². The predicted octanol–water partition coefficient (Wildman–Crippen LogP) is 4.03. The Labute approximate surface area is 185 Å². The molecule has 2 N–H and O–H groups in total. The summed E-state index contributed by atoms with van der Waals surface area (Å²) in [4.78, 5) is 15.5. The van der Waals surface area contributed by atoms with Gasteiger partial charge in [0.05, 0.1) is 12.8 Å². The molecule has 9 heteroatoms. The van der Waals surface area contributed by atoms with Gasteiger partial charge in [-0.15, -0.1) is 0 Å². The summed E-state index contributed by atoms with van der Waals surface area (Å²) in [7, 11) is 0. The van der Waals surface area contributed by atoms with Crippen LogP contribution in [-0.4, -0.2) is 28.0 Å². The SMILES string of the molecule is CCOc1cc(/C=N/Nc2nc(=O)[nH]nc2C(C)(C)C)ccc1OCc1ccccc1F. The third-order valence-electron chi connectivity index (χ3n) is 4.40. The van der Waals surface area contributed by atoms with Gasteiger partial charge in [0.15, 0.2) is 17.3 Å². The minimum absolute atomic E-state index is 0.0819. The van der Waals surface area contributed by atoms with Gasteiger partial charge in [0.1, 0.15) is 18.1 Å². The van der Waals surface area contributed by atoms with E-state index in [1.165, 1.54) is 6.07 Å². The van der Waals surface area contributed by atoms with E-state index in [4.69, 9.17) is 9.47 Å². The fraction of sp³-hybridized carbons (Fsp3) is 0.304. The maximum atomic E-state index is 13.8. The molecule has 0 atom stereocenters. The van der Waals surface area contributed by atoms with Crippen LogP contribution in [0.25, 0.3) is 0 Å². The summed E-state index contributed by atoms with van der Waals surface area (Å²) in [6.45, 7) is 8.25. The summed E-state index contributed by atoms with van der Waals surface area (Å²) in [5, 5.41) is 10.6. The number of anilines is 1. The van der Waals surface area contributed by atoms with E-state index >= 15 is 0 Å². The average Bonchev–Trinajstić information content (AvgIpc) is 2.73. The van der Waals surface area contributed by atoms with Crippen molar-refractivity contribution in [3.05, 3.63) is 75.6 Å². The van der Waals surface area contributed by atoms with E-state index < -0.39 is 5.69 Å². The molecule has 0 aliphatic heterocycles. The fourth-order valence-corrected chi connectivity index (χ4v) is 2.87. The zero-order valence-corrected chi connectivity index (χ0v) is 18.5. The smallest absolute Gasteiger partial charge is 0.363 e. The van der Waals surface area contributed by atoms with Crippen molar-refractivity contribution in [2.45, 2.75) is 39.7 Å². The molecule has 8 nitrogen and oxygen atoms in total. The summed E-state index contributed by atoms with van der Waals surface area (Å²) in [5.41, 5.74) is 3.66. The summed E-state index contributed by atoms with van der Waals surface area (Å²) >= 11 is 0. The van der Waals surface area contributed by atoms with Crippen LogP contribution in [0.2, 0.25) is 0 Å². The summed E-state index contributed by atoms with van der Waals surface area (Å²) in [6, 6.07) is 11.7. The van der Waals surface area contributed by atoms with Crippen molar-refractivity contribution in [1.29, 1.82) is 0 Å². The standard InChI is InChI=1S/C23H26FN5O3/c1-5-31-19-12-15(10-11-18(19)32-14-16-8-6-7-9-17(16)24)13-25-28-21-20(23(2,3)4)27-29-22(30)26-21/h6-13H,5,14H2,1-4H3,(H2,26,28,29,30)/b25-13+. The molecule has 0 radical (unpaired) electrons. The van der Waals surface area contributed by atoms with Crippen LogP contribution in [0.5, 0.6) is 11.5 Å². The summed E-state index contributed by atoms with van der Waals surface area (Å²) in [5.74, 6) is 0.972. The monoisotopic (exact) mass is 439 g/mol. The first-order valence-corrected chi connectivity index (χ1v) is 10.2. The number of aromatic amines is 1. The molecule has 0 aliphatic rings. The number of halogens is 1. The minimum atomic E-state index is -0.564. The van der Waals surface area contributed by atoms with Crippen LogP contribution < -0.4 is 20.6 Å². The number of benzene rings is 2. The third kappa shape index (κ3) is 5.90. The zero-order chi connectivity index (χ0) is 23.1. The van der Waals surface area contributed by atoms with Gasteiger partial charge < -0.3 is 9.47 Å². The molecule has 0 unspecified atom stereocenters. The van der Waals surface area contributed by atoms with Crippen molar-refractivity contribution in [3.63, 3.8) is 0 Å². The van der Waals surface area contributed by atoms with Crippen LogP contribution >= 0.6 is 0 Å². The van der Waals surface area contributed by atoms with Crippen molar-refractivity contribution >= 4 is 12.0 Å². The van der Waals surface area contributed by atoms with Crippen LogP contribution in [0.15, 0.2) is 52.4 Å². The Morgan fingerprint density at radius 2 is 1.94 bits per heavy atom. The number of ether oxygens (including phenoxy) is 2. The van der Waals surface area contributed by atoms with E-state index in [0.29, 0.717) is 29.4 Å². The van der Waals surface area contributed by atoms with Crippen molar-refractivity contribution in [3.8, 4) is 11.5 Å². The highest BCUT2D eigenvalue weighted by Gasteiger charge is 2.21. The highest BCUT2D eigenvalue weighted by atomic mass is 19.1. The highest BCUT2D eigenvalue weighted by Crippen LogP contribution is 2.29. The van der Waals surface area contributed by atoms with E-state index in [-0.39, 0.29) is 23.7 Å². The second-order valence-electron chi connectivity index (χ2n) is 7.98.